The molecular formula is C79H94N6O21S2. The number of hydrogen-bond acceptors (Lipinski definition) is 23. The predicted octanol–water partition coefficient (Wildman–Crippen LogP) is 5.94. The van der Waals surface area contributed by atoms with Crippen LogP contribution in [0.2, 0.25) is 0 Å². The summed E-state index contributed by atoms with van der Waals surface area (Å²) in [6.07, 6.45) is -13.0. The van der Waals surface area contributed by atoms with Crippen molar-refractivity contribution < 1.29 is 102 Å². The molecule has 10 rings (SSSR count). The van der Waals surface area contributed by atoms with E-state index >= 15 is 0 Å². The Kier molecular flexibility index (Phi) is 29.0. The molecule has 6 aromatic rings. The fourth-order valence-corrected chi connectivity index (χ4v) is 15.7. The van der Waals surface area contributed by atoms with Crippen LogP contribution in [0, 0.1) is 5.92 Å². The quantitative estimate of drug-likeness (QED) is 0.0125. The van der Waals surface area contributed by atoms with Crippen LogP contribution in [0.3, 0.4) is 0 Å². The van der Waals surface area contributed by atoms with E-state index in [2.05, 4.69) is 31.9 Å². The number of methoxy groups -OCH3 is 2. The van der Waals surface area contributed by atoms with Gasteiger partial charge in [-0.2, -0.15) is 23.5 Å². The van der Waals surface area contributed by atoms with Crippen LogP contribution in [0.5, 0.6) is 0 Å². The van der Waals surface area contributed by atoms with Crippen molar-refractivity contribution in [3.63, 3.8) is 0 Å². The van der Waals surface area contributed by atoms with Crippen molar-refractivity contribution in [3.8, 4) is 33.4 Å². The lowest BCUT2D eigenvalue weighted by atomic mass is 9.83. The summed E-state index contributed by atoms with van der Waals surface area (Å²) in [6, 6.07) is 43.3. The Balaban J connectivity index is 0.603. The van der Waals surface area contributed by atoms with Crippen molar-refractivity contribution in [3.05, 3.63) is 179 Å². The molecule has 578 valence electrons. The van der Waals surface area contributed by atoms with Crippen molar-refractivity contribution in [2.24, 2.45) is 5.92 Å². The maximum atomic E-state index is 13.5. The number of carbonyl (C=O) groups is 8. The van der Waals surface area contributed by atoms with Gasteiger partial charge in [-0.25, -0.2) is 19.2 Å². The minimum Gasteiger partial charge on any atom is -0.465 e. The van der Waals surface area contributed by atoms with Crippen LogP contribution in [-0.2, 0) is 57.1 Å². The molecule has 29 heteroatoms. The van der Waals surface area contributed by atoms with Gasteiger partial charge in [-0.3, -0.25) is 19.2 Å². The number of carbonyl (C=O) groups excluding carboxylic acids is 8. The molecule has 0 spiro atoms. The van der Waals surface area contributed by atoms with Crippen LogP contribution in [0.4, 0.5) is 9.59 Å². The minimum absolute atomic E-state index is 0.00332. The van der Waals surface area contributed by atoms with E-state index in [4.69, 9.17) is 37.9 Å². The van der Waals surface area contributed by atoms with Gasteiger partial charge in [-0.1, -0.05) is 128 Å². The SMILES string of the molecule is COC(=O)C1(OCCCSCCNC(=O)c2ccc(-c3ccc(C(=O)NCCSCCCOC4(C(=O)OC)CC(O)C(NC(C)=O)C(C(O)[C@H](O)CNC(=O)OCC5c6ccccc6-c6ccccc65)O4)cc3)cc2)CC(C)C(NC(C)=O)C(C(O)C(O)CNC(=O)OCC2c3ccccc3-c3ccccc32)O1. The van der Waals surface area contributed by atoms with Crippen molar-refractivity contribution >= 4 is 71.3 Å². The molecule has 11 unspecified atom stereocenters. The number of fused-ring (bicyclic) bond motifs is 6. The number of amides is 6. The van der Waals surface area contributed by atoms with E-state index in [1.807, 2.05) is 121 Å². The molecule has 0 aromatic heterocycles. The summed E-state index contributed by atoms with van der Waals surface area (Å²) in [5.41, 5.74) is 10.8. The Morgan fingerprint density at radius 2 is 0.852 bits per heavy atom. The standard InChI is InChI=1S/C79H94N6O21S2/c1-46-40-78(74(95)99-4,105-70(66(46)84-47(2)86)68(91)64(89)42-82-76(97)101-44-61-57-20-10-6-16-53(57)54-17-7-11-21-58(54)61)103-34-14-36-107-38-32-80-72(93)51-28-24-49(25-29-51)50-26-30-52(31-27-50)73(94)81-33-39-108-37-15-35-104-79(75(96)100-5)41-63(88)67(85-48(3)87)71(106-79)69(92)65(90)43-83-77(98)102-45-62-59-22-12-8-18-55(59)56-19-9-13-23-60(56)62/h6-13,16-31,46,61-71,88-92H,14-15,32-45H2,1-5H3,(H,80,93)(H,81,94)(H,82,97)(H,83,98)(H,84,86)(H,85,87)/t46?,63?,64?,65-,66?,67?,68?,69?,70?,71?,78?,79?/m1/s1. The normalized spacial score (nSPS) is 21.7. The van der Waals surface area contributed by atoms with Gasteiger partial charge >= 0.3 is 24.1 Å². The highest BCUT2D eigenvalue weighted by molar-refractivity contribution is 7.99. The lowest BCUT2D eigenvalue weighted by molar-refractivity contribution is -0.311. The second kappa shape index (κ2) is 38.4. The van der Waals surface area contributed by atoms with Crippen LogP contribution < -0.4 is 31.9 Å². The summed E-state index contributed by atoms with van der Waals surface area (Å²) in [6.45, 7) is 3.88. The second-order valence-corrected chi connectivity index (χ2v) is 29.3. The van der Waals surface area contributed by atoms with Crippen LogP contribution >= 0.6 is 23.5 Å². The fourth-order valence-electron chi connectivity index (χ4n) is 14.2. The summed E-state index contributed by atoms with van der Waals surface area (Å²) >= 11 is 3.04. The average molecular weight is 1530 g/mol. The smallest absolute Gasteiger partial charge is 0.407 e. The Hall–Kier alpha value is -8.98. The lowest BCUT2D eigenvalue weighted by Crippen LogP contribution is -2.68. The van der Waals surface area contributed by atoms with E-state index in [1.165, 1.54) is 32.7 Å². The van der Waals surface area contributed by atoms with E-state index in [9.17, 15) is 63.9 Å². The van der Waals surface area contributed by atoms with Gasteiger partial charge in [-0.15, -0.1) is 0 Å². The molecule has 6 aromatic carbocycles. The maximum absolute atomic E-state index is 13.5. The first-order valence-corrected chi connectivity index (χ1v) is 38.2. The largest absolute Gasteiger partial charge is 0.465 e. The van der Waals surface area contributed by atoms with Gasteiger partial charge in [0.25, 0.3) is 23.4 Å². The van der Waals surface area contributed by atoms with Crippen LogP contribution in [0.1, 0.15) is 101 Å². The molecule has 6 amide bonds. The van der Waals surface area contributed by atoms with Gasteiger partial charge < -0.3 is 95.3 Å². The molecule has 2 heterocycles. The first kappa shape index (κ1) is 81.5. The van der Waals surface area contributed by atoms with Crippen molar-refractivity contribution in [2.75, 3.05) is 89.8 Å². The molecule has 27 nitrogen and oxygen atoms in total. The molecule has 11 N–H and O–H groups in total. The van der Waals surface area contributed by atoms with E-state index in [0.29, 0.717) is 60.1 Å². The molecule has 4 aliphatic rings. The van der Waals surface area contributed by atoms with Crippen molar-refractivity contribution in [1.29, 1.82) is 0 Å². The van der Waals surface area contributed by atoms with Gasteiger partial charge in [0.05, 0.1) is 57.8 Å². The molecule has 2 saturated heterocycles. The third-order valence-electron chi connectivity index (χ3n) is 19.5. The molecule has 108 heavy (non-hydrogen) atoms. The summed E-state index contributed by atoms with van der Waals surface area (Å²) in [4.78, 5) is 104. The highest BCUT2D eigenvalue weighted by Crippen LogP contribution is 2.46. The van der Waals surface area contributed by atoms with Gasteiger partial charge in [0.1, 0.15) is 37.6 Å². The molecule has 2 fully saturated rings. The molecule has 0 bridgehead atoms. The number of aliphatic hydroxyl groups excluding tert-OH is 5. The van der Waals surface area contributed by atoms with E-state index in [0.717, 1.165) is 62.7 Å². The Labute approximate surface area is 634 Å². The number of rotatable bonds is 35. The second-order valence-electron chi connectivity index (χ2n) is 26.9. The van der Waals surface area contributed by atoms with Gasteiger partial charge in [-0.05, 0) is 110 Å². The number of thioether (sulfide) groups is 2. The van der Waals surface area contributed by atoms with Crippen LogP contribution in [-0.4, -0.2) is 230 Å². The number of benzene rings is 6. The zero-order chi connectivity index (χ0) is 77.1. The Morgan fingerprint density at radius 3 is 1.23 bits per heavy atom. The lowest BCUT2D eigenvalue weighted by Gasteiger charge is -2.47. The Bertz CT molecular complexity index is 3750. The Morgan fingerprint density at radius 1 is 0.491 bits per heavy atom. The summed E-state index contributed by atoms with van der Waals surface area (Å²) in [7, 11) is 2.26. The van der Waals surface area contributed by atoms with E-state index in [-0.39, 0.29) is 56.5 Å². The first-order chi connectivity index (χ1) is 52.0. The number of esters is 2. The van der Waals surface area contributed by atoms with Crippen molar-refractivity contribution in [1.82, 2.24) is 31.9 Å². The third kappa shape index (κ3) is 20.1. The third-order valence-corrected chi connectivity index (χ3v) is 21.6. The van der Waals surface area contributed by atoms with E-state index in [1.54, 1.807) is 43.0 Å². The predicted molar refractivity (Wildman–Crippen MR) is 401 cm³/mol. The first-order valence-electron chi connectivity index (χ1n) is 35.9. The number of ether oxygens (including phenoxy) is 8. The summed E-state index contributed by atoms with van der Waals surface area (Å²) in [5, 5.41) is 73.0. The average Bonchev–Trinajstić information content (AvgIpc) is 1.34. The number of aliphatic hydroxyl groups is 5. The zero-order valence-corrected chi connectivity index (χ0v) is 62.3. The van der Waals surface area contributed by atoms with Gasteiger partial charge in [0.15, 0.2) is 0 Å². The molecule has 12 atom stereocenters. The van der Waals surface area contributed by atoms with Gasteiger partial charge in [0, 0.05) is 87.3 Å². The molecule has 0 saturated carbocycles. The summed E-state index contributed by atoms with van der Waals surface area (Å²) in [5.74, 6) is -6.58. The number of alkyl carbamates (subject to hydrolysis) is 2. The number of hydrogen-bond donors (Lipinski definition) is 11. The molecule has 0 radical (unpaired) electrons. The molecule has 2 aliphatic carbocycles. The van der Waals surface area contributed by atoms with Gasteiger partial charge in [0.2, 0.25) is 11.8 Å². The van der Waals surface area contributed by atoms with E-state index < -0.39 is 128 Å². The highest BCUT2D eigenvalue weighted by atomic mass is 32.2. The number of nitrogens with one attached hydrogen (secondary N) is 6. The fraction of sp³-hybridized carbons (Fsp3) is 0.443. The summed E-state index contributed by atoms with van der Waals surface area (Å²) < 4.78 is 45.9. The molecular weight excluding hydrogens is 1430 g/mol. The molecule has 2 aliphatic heterocycles. The maximum Gasteiger partial charge on any atom is 0.407 e. The minimum atomic E-state index is -2.26. The highest BCUT2D eigenvalue weighted by Gasteiger charge is 2.57. The zero-order valence-electron chi connectivity index (χ0n) is 60.7. The van der Waals surface area contributed by atoms with Crippen molar-refractivity contribution in [2.45, 2.75) is 125 Å². The monoisotopic (exact) mass is 1530 g/mol. The van der Waals surface area contributed by atoms with Crippen LogP contribution in [0.25, 0.3) is 33.4 Å². The van der Waals surface area contributed by atoms with Crippen LogP contribution in [0.15, 0.2) is 146 Å². The topological polar surface area (TPSA) is 384 Å².